The van der Waals surface area contributed by atoms with E-state index in [9.17, 15) is 9.59 Å². The molecule has 0 aliphatic carbocycles. The van der Waals surface area contributed by atoms with Gasteiger partial charge < -0.3 is 11.1 Å². The summed E-state index contributed by atoms with van der Waals surface area (Å²) in [5.74, 6) is 0.646. The number of carbonyl (C=O) groups is 2. The molecule has 0 fully saturated rings. The van der Waals surface area contributed by atoms with Gasteiger partial charge in [0.05, 0.1) is 5.75 Å². The highest BCUT2D eigenvalue weighted by Crippen LogP contribution is 2.08. The number of imide groups is 1. The third-order valence-corrected chi connectivity index (χ3v) is 3.19. The number of unbranched alkanes of at least 4 members (excludes halogenated alkanes) is 1. The van der Waals surface area contributed by atoms with E-state index >= 15 is 0 Å². The van der Waals surface area contributed by atoms with Crippen LogP contribution in [0.15, 0.2) is 0 Å². The zero-order valence-electron chi connectivity index (χ0n) is 10.8. The second kappa shape index (κ2) is 8.36. The minimum atomic E-state index is -0.420. The van der Waals surface area contributed by atoms with Gasteiger partial charge in [-0.25, -0.2) is 4.79 Å². The SMILES string of the molecule is CCCCNC(=O)NC(=O)CSCC(C)(C)N. The molecule has 5 nitrogen and oxygen atoms in total. The van der Waals surface area contributed by atoms with E-state index in [1.54, 1.807) is 0 Å². The van der Waals surface area contributed by atoms with Crippen molar-refractivity contribution < 1.29 is 9.59 Å². The molecule has 0 aromatic carbocycles. The number of hydrogen-bond donors (Lipinski definition) is 3. The van der Waals surface area contributed by atoms with Crippen LogP contribution < -0.4 is 16.4 Å². The second-order valence-electron chi connectivity index (χ2n) is 4.64. The van der Waals surface area contributed by atoms with Gasteiger partial charge in [-0.3, -0.25) is 10.1 Å². The molecule has 100 valence electrons. The number of hydrogen-bond acceptors (Lipinski definition) is 4. The van der Waals surface area contributed by atoms with Gasteiger partial charge in [0.2, 0.25) is 5.91 Å². The molecule has 0 unspecified atom stereocenters. The van der Waals surface area contributed by atoms with Crippen molar-refractivity contribution in [3.05, 3.63) is 0 Å². The summed E-state index contributed by atoms with van der Waals surface area (Å²) in [7, 11) is 0. The van der Waals surface area contributed by atoms with Crippen LogP contribution >= 0.6 is 11.8 Å². The molecule has 0 aliphatic heterocycles. The number of amides is 3. The van der Waals surface area contributed by atoms with Gasteiger partial charge in [-0.05, 0) is 20.3 Å². The van der Waals surface area contributed by atoms with Crippen molar-refractivity contribution in [3.63, 3.8) is 0 Å². The Hall–Kier alpha value is -0.750. The van der Waals surface area contributed by atoms with Gasteiger partial charge in [-0.2, -0.15) is 11.8 Å². The first-order valence-corrected chi connectivity index (χ1v) is 6.95. The third kappa shape index (κ3) is 11.5. The lowest BCUT2D eigenvalue weighted by atomic mass is 10.1. The van der Waals surface area contributed by atoms with Crippen LogP contribution in [0, 0.1) is 0 Å². The van der Waals surface area contributed by atoms with Crippen LogP contribution in [0.2, 0.25) is 0 Å². The molecule has 3 amide bonds. The highest BCUT2D eigenvalue weighted by atomic mass is 32.2. The van der Waals surface area contributed by atoms with Crippen molar-refractivity contribution in [2.75, 3.05) is 18.1 Å². The molecule has 0 radical (unpaired) electrons. The molecule has 0 heterocycles. The Morgan fingerprint density at radius 2 is 2.00 bits per heavy atom. The fourth-order valence-corrected chi connectivity index (χ4v) is 1.88. The third-order valence-electron chi connectivity index (χ3n) is 1.78. The Balaban J connectivity index is 3.61. The molecule has 6 heteroatoms. The van der Waals surface area contributed by atoms with E-state index in [-0.39, 0.29) is 17.2 Å². The van der Waals surface area contributed by atoms with Crippen LogP contribution in [0.4, 0.5) is 4.79 Å². The van der Waals surface area contributed by atoms with Gasteiger partial charge in [0.1, 0.15) is 0 Å². The first-order valence-electron chi connectivity index (χ1n) is 5.79. The molecular formula is C11H23N3O2S. The van der Waals surface area contributed by atoms with Gasteiger partial charge in [0.15, 0.2) is 0 Å². The summed E-state index contributed by atoms with van der Waals surface area (Å²) in [5.41, 5.74) is 5.47. The van der Waals surface area contributed by atoms with Crippen LogP contribution in [0.3, 0.4) is 0 Å². The van der Waals surface area contributed by atoms with Crippen molar-refractivity contribution in [2.24, 2.45) is 5.73 Å². The van der Waals surface area contributed by atoms with Crippen LogP contribution in [0.5, 0.6) is 0 Å². The summed E-state index contributed by atoms with van der Waals surface area (Å²) < 4.78 is 0. The van der Waals surface area contributed by atoms with Gasteiger partial charge in [0, 0.05) is 17.8 Å². The van der Waals surface area contributed by atoms with Crippen molar-refractivity contribution in [2.45, 2.75) is 39.2 Å². The molecule has 0 saturated carbocycles. The first kappa shape index (κ1) is 16.2. The first-order chi connectivity index (χ1) is 7.85. The van der Waals surface area contributed by atoms with Crippen molar-refractivity contribution in [1.29, 1.82) is 0 Å². The number of rotatable bonds is 7. The molecule has 0 spiro atoms. The normalized spacial score (nSPS) is 11.1. The zero-order chi connectivity index (χ0) is 13.3. The van der Waals surface area contributed by atoms with E-state index in [1.165, 1.54) is 11.8 Å². The molecule has 4 N–H and O–H groups in total. The summed E-state index contributed by atoms with van der Waals surface area (Å²) in [4.78, 5) is 22.5. The number of nitrogens with one attached hydrogen (secondary N) is 2. The maximum absolute atomic E-state index is 11.3. The van der Waals surface area contributed by atoms with Gasteiger partial charge in [0.25, 0.3) is 0 Å². The Morgan fingerprint density at radius 3 is 2.53 bits per heavy atom. The highest BCUT2D eigenvalue weighted by Gasteiger charge is 2.12. The lowest BCUT2D eigenvalue weighted by Crippen LogP contribution is -2.41. The van der Waals surface area contributed by atoms with E-state index < -0.39 is 6.03 Å². The lowest BCUT2D eigenvalue weighted by Gasteiger charge is -2.17. The topological polar surface area (TPSA) is 84.2 Å². The summed E-state index contributed by atoms with van der Waals surface area (Å²) in [5, 5.41) is 4.89. The van der Waals surface area contributed by atoms with Crippen molar-refractivity contribution >= 4 is 23.7 Å². The summed E-state index contributed by atoms with van der Waals surface area (Å²) >= 11 is 1.42. The molecule has 0 atom stereocenters. The van der Waals surface area contributed by atoms with E-state index in [1.807, 2.05) is 20.8 Å². The van der Waals surface area contributed by atoms with E-state index in [4.69, 9.17) is 5.73 Å². The van der Waals surface area contributed by atoms with E-state index in [0.717, 1.165) is 12.8 Å². The molecule has 0 aromatic rings. The molecular weight excluding hydrogens is 238 g/mol. The molecule has 0 aromatic heterocycles. The van der Waals surface area contributed by atoms with Crippen LogP contribution in [-0.4, -0.2) is 35.5 Å². The van der Waals surface area contributed by atoms with Crippen molar-refractivity contribution in [3.8, 4) is 0 Å². The predicted molar refractivity (Wildman–Crippen MR) is 72.0 cm³/mol. The van der Waals surface area contributed by atoms with Gasteiger partial charge in [-0.15, -0.1) is 0 Å². The molecule has 0 rings (SSSR count). The monoisotopic (exact) mass is 261 g/mol. The predicted octanol–water partition coefficient (Wildman–Crippen LogP) is 1.08. The number of thioether (sulfide) groups is 1. The van der Waals surface area contributed by atoms with Crippen LogP contribution in [-0.2, 0) is 4.79 Å². The standard InChI is InChI=1S/C11H23N3O2S/c1-4-5-6-13-10(16)14-9(15)7-17-8-11(2,3)12/h4-8,12H2,1-3H3,(H2,13,14,15,16). The largest absolute Gasteiger partial charge is 0.338 e. The summed E-state index contributed by atoms with van der Waals surface area (Å²) in [6.45, 7) is 6.43. The minimum absolute atomic E-state index is 0.252. The molecule has 0 aliphatic rings. The second-order valence-corrected chi connectivity index (χ2v) is 5.62. The highest BCUT2D eigenvalue weighted by molar-refractivity contribution is 8.00. The van der Waals surface area contributed by atoms with Crippen LogP contribution in [0.25, 0.3) is 0 Å². The van der Waals surface area contributed by atoms with Gasteiger partial charge >= 0.3 is 6.03 Å². The fourth-order valence-electron chi connectivity index (χ4n) is 0.992. The van der Waals surface area contributed by atoms with Crippen LogP contribution in [0.1, 0.15) is 33.6 Å². The van der Waals surface area contributed by atoms with E-state index in [2.05, 4.69) is 10.6 Å². The number of carbonyl (C=O) groups excluding carboxylic acids is 2. The average Bonchev–Trinajstić information content (AvgIpc) is 2.15. The lowest BCUT2D eigenvalue weighted by molar-refractivity contribution is -0.117. The molecule has 0 bridgehead atoms. The quantitative estimate of drug-likeness (QED) is 0.599. The maximum atomic E-state index is 11.3. The smallest absolute Gasteiger partial charge is 0.321 e. The summed E-state index contributed by atoms with van der Waals surface area (Å²) in [6, 6.07) is -0.420. The number of urea groups is 1. The molecule has 17 heavy (non-hydrogen) atoms. The minimum Gasteiger partial charge on any atom is -0.338 e. The zero-order valence-corrected chi connectivity index (χ0v) is 11.7. The molecule has 0 saturated heterocycles. The Morgan fingerprint density at radius 1 is 1.35 bits per heavy atom. The average molecular weight is 261 g/mol. The Kier molecular flexibility index (Phi) is 7.99. The Labute approximate surface area is 107 Å². The number of nitrogens with two attached hydrogens (primary N) is 1. The van der Waals surface area contributed by atoms with Gasteiger partial charge in [-0.1, -0.05) is 13.3 Å². The van der Waals surface area contributed by atoms with Crippen molar-refractivity contribution in [1.82, 2.24) is 10.6 Å². The van der Waals surface area contributed by atoms with E-state index in [0.29, 0.717) is 12.3 Å². The summed E-state index contributed by atoms with van der Waals surface area (Å²) in [6.07, 6.45) is 1.92. The maximum Gasteiger partial charge on any atom is 0.321 e. The Bertz CT molecular complexity index is 252. The fraction of sp³-hybridized carbons (Fsp3) is 0.818.